The Hall–Kier alpha value is -1.00. The van der Waals surface area contributed by atoms with Crippen molar-refractivity contribution in [3.63, 3.8) is 0 Å². The molecule has 1 saturated heterocycles. The molecule has 18 heavy (non-hydrogen) atoms. The minimum Gasteiger partial charge on any atom is -0.452 e. The van der Waals surface area contributed by atoms with Crippen LogP contribution in [0.2, 0.25) is 5.22 Å². The molecule has 0 bridgehead atoms. The topological polar surface area (TPSA) is 45.5 Å². The third-order valence-electron chi connectivity index (χ3n) is 3.33. The summed E-state index contributed by atoms with van der Waals surface area (Å²) < 4.78 is 4.92. The van der Waals surface area contributed by atoms with E-state index in [0.29, 0.717) is 5.56 Å². The quantitative estimate of drug-likeness (QED) is 0.915. The Bertz CT molecular complexity index is 397. The number of amides is 1. The number of nitrogens with zero attached hydrogens (tertiary/aromatic N) is 1. The van der Waals surface area contributed by atoms with E-state index in [2.05, 4.69) is 17.1 Å². The van der Waals surface area contributed by atoms with Gasteiger partial charge in [0.15, 0.2) is 0 Å². The van der Waals surface area contributed by atoms with Crippen molar-refractivity contribution in [1.82, 2.24) is 10.2 Å². The number of hydrogen-bond acceptors (Lipinski definition) is 3. The molecule has 1 N–H and O–H groups in total. The lowest BCUT2D eigenvalue weighted by Crippen LogP contribution is -2.44. The zero-order chi connectivity index (χ0) is 13.0. The number of nitrogens with one attached hydrogen (secondary N) is 1. The molecular formula is C13H19ClN2O2. The van der Waals surface area contributed by atoms with Gasteiger partial charge in [0.25, 0.3) is 5.91 Å². The van der Waals surface area contributed by atoms with Gasteiger partial charge in [-0.1, -0.05) is 6.92 Å². The summed E-state index contributed by atoms with van der Waals surface area (Å²) >= 11 is 5.78. The third kappa shape index (κ3) is 3.27. The van der Waals surface area contributed by atoms with E-state index in [9.17, 15) is 4.79 Å². The van der Waals surface area contributed by atoms with Crippen molar-refractivity contribution in [2.75, 3.05) is 19.6 Å². The highest BCUT2D eigenvalue weighted by Crippen LogP contribution is 2.17. The van der Waals surface area contributed by atoms with Gasteiger partial charge in [0.1, 0.15) is 0 Å². The van der Waals surface area contributed by atoms with Crippen molar-refractivity contribution >= 4 is 17.5 Å². The molecule has 0 saturated carbocycles. The molecule has 5 heteroatoms. The smallest absolute Gasteiger partial charge is 0.256 e. The highest BCUT2D eigenvalue weighted by molar-refractivity contribution is 6.32. The minimum absolute atomic E-state index is 0.136. The maximum atomic E-state index is 11.9. The highest BCUT2D eigenvalue weighted by Gasteiger charge is 2.22. The molecule has 1 aliphatic rings. The Balaban J connectivity index is 1.81. The first-order chi connectivity index (χ1) is 8.70. The summed E-state index contributed by atoms with van der Waals surface area (Å²) in [5, 5.41) is 3.18. The Morgan fingerprint density at radius 3 is 2.83 bits per heavy atom. The van der Waals surface area contributed by atoms with Crippen LogP contribution in [0.3, 0.4) is 0 Å². The number of halogens is 1. The van der Waals surface area contributed by atoms with E-state index in [1.54, 1.807) is 6.07 Å². The fraction of sp³-hybridized carbons (Fsp3) is 0.615. The van der Waals surface area contributed by atoms with Crippen molar-refractivity contribution in [2.24, 2.45) is 0 Å². The van der Waals surface area contributed by atoms with Gasteiger partial charge >= 0.3 is 0 Å². The second kappa shape index (κ2) is 6.25. The predicted molar refractivity (Wildman–Crippen MR) is 70.9 cm³/mol. The molecule has 0 atom stereocenters. The summed E-state index contributed by atoms with van der Waals surface area (Å²) in [6, 6.07) is 1.85. The lowest BCUT2D eigenvalue weighted by atomic mass is 10.0. The molecule has 0 aliphatic carbocycles. The lowest BCUT2D eigenvalue weighted by Gasteiger charge is -2.31. The zero-order valence-electron chi connectivity index (χ0n) is 10.6. The summed E-state index contributed by atoms with van der Waals surface area (Å²) in [5.74, 6) is -0.136. The average molecular weight is 271 g/mol. The van der Waals surface area contributed by atoms with Crippen LogP contribution >= 0.6 is 11.6 Å². The van der Waals surface area contributed by atoms with Gasteiger partial charge in [-0.2, -0.15) is 0 Å². The fourth-order valence-corrected chi connectivity index (χ4v) is 2.54. The van der Waals surface area contributed by atoms with Gasteiger partial charge in [0.2, 0.25) is 5.22 Å². The molecule has 2 heterocycles. The summed E-state index contributed by atoms with van der Waals surface area (Å²) in [4.78, 5) is 14.4. The number of furan rings is 1. The molecule has 0 aromatic carbocycles. The lowest BCUT2D eigenvalue weighted by molar-refractivity contribution is 0.0910. The molecule has 4 nitrogen and oxygen atoms in total. The Morgan fingerprint density at radius 1 is 1.56 bits per heavy atom. The Morgan fingerprint density at radius 2 is 2.28 bits per heavy atom. The Labute approximate surface area is 112 Å². The van der Waals surface area contributed by atoms with E-state index in [1.165, 1.54) is 12.7 Å². The van der Waals surface area contributed by atoms with Crippen molar-refractivity contribution in [1.29, 1.82) is 0 Å². The predicted octanol–water partition coefficient (Wildman–Crippen LogP) is 2.54. The van der Waals surface area contributed by atoms with Crippen molar-refractivity contribution in [3.8, 4) is 0 Å². The van der Waals surface area contributed by atoms with Gasteiger partial charge in [-0.05, 0) is 43.5 Å². The molecule has 1 amide bonds. The number of carbonyl (C=O) groups excluding carboxylic acids is 1. The van der Waals surface area contributed by atoms with E-state index in [4.69, 9.17) is 16.0 Å². The SMILES string of the molecule is CCCN1CCC(NC(=O)c2ccoc2Cl)CC1. The molecule has 0 unspecified atom stereocenters. The molecule has 1 aliphatic heterocycles. The second-order valence-electron chi connectivity index (χ2n) is 4.70. The van der Waals surface area contributed by atoms with Crippen LogP contribution < -0.4 is 5.32 Å². The first kappa shape index (κ1) is 13.4. The molecule has 0 radical (unpaired) electrons. The van der Waals surface area contributed by atoms with Crippen LogP contribution in [0.1, 0.15) is 36.5 Å². The monoisotopic (exact) mass is 270 g/mol. The van der Waals surface area contributed by atoms with Crippen LogP contribution in [0.4, 0.5) is 0 Å². The van der Waals surface area contributed by atoms with Crippen molar-refractivity contribution in [3.05, 3.63) is 23.1 Å². The van der Waals surface area contributed by atoms with E-state index < -0.39 is 0 Å². The summed E-state index contributed by atoms with van der Waals surface area (Å²) in [6.45, 7) is 5.44. The number of likely N-dealkylation sites (tertiary alicyclic amines) is 1. The van der Waals surface area contributed by atoms with Crippen LogP contribution in [0.15, 0.2) is 16.7 Å². The number of piperidine rings is 1. The normalized spacial score (nSPS) is 17.9. The van der Waals surface area contributed by atoms with Gasteiger partial charge in [0.05, 0.1) is 11.8 Å². The van der Waals surface area contributed by atoms with E-state index in [0.717, 1.165) is 32.5 Å². The van der Waals surface area contributed by atoms with Crippen LogP contribution in [0.25, 0.3) is 0 Å². The maximum Gasteiger partial charge on any atom is 0.256 e. The van der Waals surface area contributed by atoms with Crippen LogP contribution in [-0.2, 0) is 0 Å². The first-order valence-electron chi connectivity index (χ1n) is 6.47. The van der Waals surface area contributed by atoms with Crippen LogP contribution in [0, 0.1) is 0 Å². The van der Waals surface area contributed by atoms with Gasteiger partial charge in [0, 0.05) is 19.1 Å². The average Bonchev–Trinajstić information content (AvgIpc) is 2.78. The van der Waals surface area contributed by atoms with E-state index in [1.807, 2.05) is 0 Å². The molecule has 1 aromatic rings. The number of carbonyl (C=O) groups is 1. The van der Waals surface area contributed by atoms with E-state index in [-0.39, 0.29) is 17.2 Å². The maximum absolute atomic E-state index is 11.9. The van der Waals surface area contributed by atoms with Crippen LogP contribution in [-0.4, -0.2) is 36.5 Å². The molecule has 100 valence electrons. The van der Waals surface area contributed by atoms with Gasteiger partial charge in [-0.25, -0.2) is 0 Å². The standard InChI is InChI=1S/C13H19ClN2O2/c1-2-6-16-7-3-10(4-8-16)15-13(17)11-5-9-18-12(11)14/h5,9-10H,2-4,6-8H2,1H3,(H,15,17). The van der Waals surface area contributed by atoms with Gasteiger partial charge < -0.3 is 14.6 Å². The van der Waals surface area contributed by atoms with Gasteiger partial charge in [-0.15, -0.1) is 0 Å². The van der Waals surface area contributed by atoms with E-state index >= 15 is 0 Å². The molecule has 1 aromatic heterocycles. The summed E-state index contributed by atoms with van der Waals surface area (Å²) in [5.41, 5.74) is 0.424. The third-order valence-corrected chi connectivity index (χ3v) is 3.62. The molecule has 1 fully saturated rings. The Kier molecular flexibility index (Phi) is 4.66. The minimum atomic E-state index is -0.136. The summed E-state index contributed by atoms with van der Waals surface area (Å²) in [7, 11) is 0. The number of rotatable bonds is 4. The van der Waals surface area contributed by atoms with Crippen LogP contribution in [0.5, 0.6) is 0 Å². The fourth-order valence-electron chi connectivity index (χ4n) is 2.34. The zero-order valence-corrected chi connectivity index (χ0v) is 11.4. The second-order valence-corrected chi connectivity index (χ2v) is 5.04. The molecular weight excluding hydrogens is 252 g/mol. The highest BCUT2D eigenvalue weighted by atomic mass is 35.5. The first-order valence-corrected chi connectivity index (χ1v) is 6.84. The van der Waals surface area contributed by atoms with Gasteiger partial charge in [-0.3, -0.25) is 4.79 Å². The van der Waals surface area contributed by atoms with Crippen molar-refractivity contribution in [2.45, 2.75) is 32.2 Å². The largest absolute Gasteiger partial charge is 0.452 e. The number of hydrogen-bond donors (Lipinski definition) is 1. The summed E-state index contributed by atoms with van der Waals surface area (Å²) in [6.07, 6.45) is 4.62. The molecule has 0 spiro atoms. The van der Waals surface area contributed by atoms with Crippen molar-refractivity contribution < 1.29 is 9.21 Å². The molecule has 2 rings (SSSR count).